The van der Waals surface area contributed by atoms with Crippen LogP contribution in [-0.2, 0) is 4.79 Å². The number of benzene rings is 1. The van der Waals surface area contributed by atoms with E-state index in [1.54, 1.807) is 42.5 Å². The van der Waals surface area contributed by atoms with E-state index >= 15 is 0 Å². The zero-order valence-electron chi connectivity index (χ0n) is 13.7. The summed E-state index contributed by atoms with van der Waals surface area (Å²) in [5.74, 6) is 0.0302. The number of carbonyl (C=O) groups is 2. The van der Waals surface area contributed by atoms with E-state index in [-0.39, 0.29) is 17.7 Å². The molecule has 24 heavy (non-hydrogen) atoms. The second-order valence-electron chi connectivity index (χ2n) is 5.94. The second kappa shape index (κ2) is 6.31. The highest BCUT2D eigenvalue weighted by Crippen LogP contribution is 2.29. The topological polar surface area (TPSA) is 66.7 Å². The van der Waals surface area contributed by atoms with Gasteiger partial charge in [0.1, 0.15) is 6.26 Å². The number of carbonyl (C=O) groups excluding carboxylic acids is 2. The van der Waals surface area contributed by atoms with Crippen molar-refractivity contribution in [3.05, 3.63) is 60.0 Å². The molecule has 6 heteroatoms. The normalized spacial score (nSPS) is 14.2. The molecule has 2 amide bonds. The van der Waals surface area contributed by atoms with Crippen LogP contribution < -0.4 is 4.90 Å². The summed E-state index contributed by atoms with van der Waals surface area (Å²) in [6, 6.07) is 6.99. The van der Waals surface area contributed by atoms with E-state index in [2.05, 4.69) is 11.7 Å². The first-order valence-electron chi connectivity index (χ1n) is 7.71. The monoisotopic (exact) mass is 325 g/mol. The van der Waals surface area contributed by atoms with Gasteiger partial charge in [0.2, 0.25) is 5.91 Å². The van der Waals surface area contributed by atoms with Gasteiger partial charge in [-0.25, -0.2) is 0 Å². The lowest BCUT2D eigenvalue weighted by atomic mass is 9.93. The molecule has 1 fully saturated rings. The Balaban J connectivity index is 1.63. The van der Waals surface area contributed by atoms with Crippen molar-refractivity contribution in [3.8, 4) is 0 Å². The molecule has 1 aliphatic heterocycles. The summed E-state index contributed by atoms with van der Waals surface area (Å²) in [6.45, 7) is 6.70. The Kier molecular flexibility index (Phi) is 4.20. The summed E-state index contributed by atoms with van der Waals surface area (Å²) in [6.07, 6.45) is 2.88. The van der Waals surface area contributed by atoms with Crippen LogP contribution in [0.2, 0.25) is 0 Å². The summed E-state index contributed by atoms with van der Waals surface area (Å²) >= 11 is 0. The maximum atomic E-state index is 12.5. The van der Waals surface area contributed by atoms with Crippen LogP contribution in [0.3, 0.4) is 0 Å². The van der Waals surface area contributed by atoms with Gasteiger partial charge < -0.3 is 14.3 Å². The third-order valence-electron chi connectivity index (χ3n) is 4.35. The maximum Gasteiger partial charge on any atom is 0.253 e. The first kappa shape index (κ1) is 16.0. The van der Waals surface area contributed by atoms with Crippen LogP contribution in [-0.4, -0.2) is 42.0 Å². The van der Waals surface area contributed by atoms with Gasteiger partial charge in [0.15, 0.2) is 0 Å². The molecular weight excluding hydrogens is 306 g/mol. The van der Waals surface area contributed by atoms with Crippen LogP contribution in [0.1, 0.15) is 27.5 Å². The van der Waals surface area contributed by atoms with Gasteiger partial charge in [0, 0.05) is 42.9 Å². The third kappa shape index (κ3) is 2.82. The fourth-order valence-electron chi connectivity index (χ4n) is 2.78. The molecule has 3 rings (SSSR count). The van der Waals surface area contributed by atoms with Crippen LogP contribution in [0.5, 0.6) is 0 Å². The smallest absolute Gasteiger partial charge is 0.253 e. The van der Waals surface area contributed by atoms with Crippen molar-refractivity contribution < 1.29 is 14.1 Å². The average molecular weight is 325 g/mol. The summed E-state index contributed by atoms with van der Waals surface area (Å²) in [5.41, 5.74) is 3.27. The van der Waals surface area contributed by atoms with Crippen LogP contribution in [0, 0.1) is 6.92 Å². The van der Waals surface area contributed by atoms with E-state index in [1.807, 2.05) is 6.92 Å². The third-order valence-corrected chi connectivity index (χ3v) is 4.35. The van der Waals surface area contributed by atoms with Crippen LogP contribution in [0.15, 0.2) is 47.7 Å². The molecule has 1 aromatic carbocycles. The van der Waals surface area contributed by atoms with Crippen molar-refractivity contribution >= 4 is 17.5 Å². The number of likely N-dealkylation sites (N-methyl/N-ethyl adjacent to an activating group) is 1. The minimum absolute atomic E-state index is 0.0170. The molecular formula is C18H19N3O3. The Morgan fingerprint density at radius 2 is 2.00 bits per heavy atom. The molecule has 1 aromatic heterocycles. The number of hydrogen-bond acceptors (Lipinski definition) is 4. The van der Waals surface area contributed by atoms with E-state index in [9.17, 15) is 9.59 Å². The number of hydrogen-bond donors (Lipinski definition) is 0. The predicted molar refractivity (Wildman–Crippen MR) is 89.9 cm³/mol. The fraction of sp³-hybridized carbons (Fsp3) is 0.278. The SMILES string of the molecule is C=CC(=O)N(C)c1ccc(C(=O)N2CC(c3nocc3C)C2)cc1. The molecule has 0 spiro atoms. The minimum atomic E-state index is -0.192. The van der Waals surface area contributed by atoms with Gasteiger partial charge in [-0.15, -0.1) is 0 Å². The van der Waals surface area contributed by atoms with Gasteiger partial charge in [-0.1, -0.05) is 11.7 Å². The van der Waals surface area contributed by atoms with Gasteiger partial charge in [-0.2, -0.15) is 0 Å². The van der Waals surface area contributed by atoms with Crippen molar-refractivity contribution in [1.82, 2.24) is 10.1 Å². The summed E-state index contributed by atoms with van der Waals surface area (Å²) in [5, 5.41) is 4.00. The van der Waals surface area contributed by atoms with E-state index < -0.39 is 0 Å². The molecule has 124 valence electrons. The van der Waals surface area contributed by atoms with Crippen molar-refractivity contribution in [3.63, 3.8) is 0 Å². The van der Waals surface area contributed by atoms with Crippen LogP contribution in [0.25, 0.3) is 0 Å². The number of aromatic nitrogens is 1. The lowest BCUT2D eigenvalue weighted by molar-refractivity contribution is -0.113. The fourth-order valence-corrected chi connectivity index (χ4v) is 2.78. The first-order chi connectivity index (χ1) is 11.5. The predicted octanol–water partition coefficient (Wildman–Crippen LogP) is 2.37. The van der Waals surface area contributed by atoms with Crippen molar-refractivity contribution in [2.45, 2.75) is 12.8 Å². The minimum Gasteiger partial charge on any atom is -0.364 e. The molecule has 6 nitrogen and oxygen atoms in total. The number of amides is 2. The maximum absolute atomic E-state index is 12.5. The van der Waals surface area contributed by atoms with Crippen molar-refractivity contribution in [1.29, 1.82) is 0 Å². The Bertz CT molecular complexity index is 773. The standard InChI is InChI=1S/C18H19N3O3/c1-4-16(22)20(3)15-7-5-13(6-8-15)18(23)21-9-14(10-21)17-12(2)11-24-19-17/h4-8,11,14H,1,9-10H2,2-3H3. The van der Waals surface area contributed by atoms with Gasteiger partial charge in [-0.3, -0.25) is 9.59 Å². The first-order valence-corrected chi connectivity index (χ1v) is 7.71. The summed E-state index contributed by atoms with van der Waals surface area (Å²) in [4.78, 5) is 27.3. The molecule has 0 N–H and O–H groups in total. The Labute approximate surface area is 140 Å². The van der Waals surface area contributed by atoms with Crippen LogP contribution in [0.4, 0.5) is 5.69 Å². The van der Waals surface area contributed by atoms with Crippen LogP contribution >= 0.6 is 0 Å². The molecule has 0 saturated carbocycles. The number of nitrogens with zero attached hydrogens (tertiary/aromatic N) is 3. The molecule has 0 bridgehead atoms. The molecule has 2 heterocycles. The molecule has 0 aliphatic carbocycles. The van der Waals surface area contributed by atoms with E-state index in [0.717, 1.165) is 16.9 Å². The molecule has 2 aromatic rings. The lowest BCUT2D eigenvalue weighted by Gasteiger charge is -2.38. The Morgan fingerprint density at radius 1 is 1.33 bits per heavy atom. The van der Waals surface area contributed by atoms with Gasteiger partial charge in [-0.05, 0) is 37.3 Å². The summed E-state index contributed by atoms with van der Waals surface area (Å²) in [7, 11) is 1.67. The number of likely N-dealkylation sites (tertiary alicyclic amines) is 1. The zero-order chi connectivity index (χ0) is 17.3. The Morgan fingerprint density at radius 3 is 2.54 bits per heavy atom. The van der Waals surface area contributed by atoms with Crippen molar-refractivity contribution in [2.75, 3.05) is 25.0 Å². The number of aryl methyl sites for hydroxylation is 1. The number of rotatable bonds is 4. The summed E-state index contributed by atoms with van der Waals surface area (Å²) < 4.78 is 4.95. The quantitative estimate of drug-likeness (QED) is 0.810. The molecule has 0 radical (unpaired) electrons. The number of anilines is 1. The highest BCUT2D eigenvalue weighted by atomic mass is 16.5. The average Bonchev–Trinajstić information content (AvgIpc) is 2.98. The molecule has 1 saturated heterocycles. The van der Waals surface area contributed by atoms with Crippen molar-refractivity contribution in [2.24, 2.45) is 0 Å². The van der Waals surface area contributed by atoms with Gasteiger partial charge >= 0.3 is 0 Å². The highest BCUT2D eigenvalue weighted by molar-refractivity contribution is 6.01. The Hall–Kier alpha value is -2.89. The van der Waals surface area contributed by atoms with E-state index in [0.29, 0.717) is 18.7 Å². The second-order valence-corrected chi connectivity index (χ2v) is 5.94. The molecule has 0 unspecified atom stereocenters. The molecule has 1 aliphatic rings. The largest absolute Gasteiger partial charge is 0.364 e. The highest BCUT2D eigenvalue weighted by Gasteiger charge is 2.34. The van der Waals surface area contributed by atoms with E-state index in [4.69, 9.17) is 4.52 Å². The van der Waals surface area contributed by atoms with E-state index in [1.165, 1.54) is 11.0 Å². The van der Waals surface area contributed by atoms with Gasteiger partial charge in [0.05, 0.1) is 5.69 Å². The lowest BCUT2D eigenvalue weighted by Crippen LogP contribution is -2.48. The van der Waals surface area contributed by atoms with Gasteiger partial charge in [0.25, 0.3) is 5.91 Å². The zero-order valence-corrected chi connectivity index (χ0v) is 13.7. The molecule has 0 atom stereocenters.